The van der Waals surface area contributed by atoms with Crippen molar-refractivity contribution in [1.82, 2.24) is 4.90 Å². The summed E-state index contributed by atoms with van der Waals surface area (Å²) in [5.74, 6) is -0.655. The van der Waals surface area contributed by atoms with Gasteiger partial charge in [-0.1, -0.05) is 13.3 Å². The maximum atomic E-state index is 12.0. The zero-order chi connectivity index (χ0) is 15.2. The Morgan fingerprint density at radius 2 is 2.00 bits per heavy atom. The molecule has 0 spiro atoms. The molecular formula is C16H29NO3. The number of likely N-dealkylation sites (tertiary alicyclic amines) is 1. The molecule has 2 fully saturated rings. The number of nitrogens with zero attached hydrogens (tertiary/aromatic N) is 1. The van der Waals surface area contributed by atoms with Crippen LogP contribution in [0, 0.1) is 0 Å². The quantitative estimate of drug-likeness (QED) is 0.861. The minimum absolute atomic E-state index is 0.173. The van der Waals surface area contributed by atoms with Gasteiger partial charge in [0.15, 0.2) is 0 Å². The summed E-state index contributed by atoms with van der Waals surface area (Å²) < 4.78 is 6.18. The van der Waals surface area contributed by atoms with Crippen LogP contribution in [0.3, 0.4) is 0 Å². The van der Waals surface area contributed by atoms with Crippen LogP contribution in [0.4, 0.5) is 0 Å². The topological polar surface area (TPSA) is 49.8 Å². The highest BCUT2D eigenvalue weighted by Gasteiger charge is 2.57. The van der Waals surface area contributed by atoms with Crippen molar-refractivity contribution in [3.8, 4) is 0 Å². The first-order chi connectivity index (χ1) is 9.15. The molecule has 2 aliphatic rings. The van der Waals surface area contributed by atoms with E-state index in [9.17, 15) is 9.90 Å². The minimum atomic E-state index is -0.680. The Hall–Kier alpha value is -0.610. The van der Waals surface area contributed by atoms with Gasteiger partial charge in [0.25, 0.3) is 0 Å². The van der Waals surface area contributed by atoms with E-state index in [1.54, 1.807) is 0 Å². The lowest BCUT2D eigenvalue weighted by Gasteiger charge is -2.43. The van der Waals surface area contributed by atoms with Crippen LogP contribution in [0.15, 0.2) is 0 Å². The fourth-order valence-electron chi connectivity index (χ4n) is 4.39. The van der Waals surface area contributed by atoms with Gasteiger partial charge < -0.3 is 9.84 Å². The van der Waals surface area contributed by atoms with E-state index in [4.69, 9.17) is 4.74 Å². The maximum absolute atomic E-state index is 12.0. The molecule has 0 aliphatic carbocycles. The second kappa shape index (κ2) is 4.99. The maximum Gasteiger partial charge on any atom is 0.324 e. The first-order valence-electron chi connectivity index (χ1n) is 7.85. The van der Waals surface area contributed by atoms with Crippen molar-refractivity contribution in [2.24, 2.45) is 0 Å². The molecular weight excluding hydrogens is 254 g/mol. The van der Waals surface area contributed by atoms with Gasteiger partial charge in [-0.15, -0.1) is 0 Å². The molecule has 116 valence electrons. The van der Waals surface area contributed by atoms with E-state index in [1.807, 2.05) is 0 Å². The van der Waals surface area contributed by atoms with E-state index in [0.29, 0.717) is 0 Å². The summed E-state index contributed by atoms with van der Waals surface area (Å²) in [7, 11) is 0. The second-order valence-corrected chi connectivity index (χ2v) is 7.57. The van der Waals surface area contributed by atoms with E-state index in [-0.39, 0.29) is 17.2 Å². The molecule has 0 bridgehead atoms. The van der Waals surface area contributed by atoms with Crippen LogP contribution in [0.25, 0.3) is 0 Å². The fraction of sp³-hybridized carbons (Fsp3) is 0.938. The Bertz CT molecular complexity index is 391. The van der Waals surface area contributed by atoms with Crippen molar-refractivity contribution in [3.63, 3.8) is 0 Å². The summed E-state index contributed by atoms with van der Waals surface area (Å²) in [5.41, 5.74) is -1.14. The molecule has 0 amide bonds. The monoisotopic (exact) mass is 283 g/mol. The number of carbonyl (C=O) groups is 1. The standard InChI is InChI=1S/C16H29NO3/c1-6-8-16(13(18)19)9-7-10-17(16)12-11-14(2,3)20-15(12,4)5/h12H,6-11H2,1-5H3,(H,18,19). The molecule has 0 aromatic heterocycles. The smallest absolute Gasteiger partial charge is 0.324 e. The average molecular weight is 283 g/mol. The number of hydrogen-bond acceptors (Lipinski definition) is 3. The summed E-state index contributed by atoms with van der Waals surface area (Å²) >= 11 is 0. The molecule has 2 heterocycles. The largest absolute Gasteiger partial charge is 0.480 e. The summed E-state index contributed by atoms with van der Waals surface area (Å²) in [5, 5.41) is 9.84. The lowest BCUT2D eigenvalue weighted by Crippen LogP contribution is -2.58. The van der Waals surface area contributed by atoms with E-state index in [0.717, 1.165) is 38.6 Å². The van der Waals surface area contributed by atoms with Crippen LogP contribution in [0.5, 0.6) is 0 Å². The van der Waals surface area contributed by atoms with Gasteiger partial charge >= 0.3 is 5.97 Å². The summed E-state index contributed by atoms with van der Waals surface area (Å²) in [6.45, 7) is 11.4. The number of ether oxygens (including phenoxy) is 1. The second-order valence-electron chi connectivity index (χ2n) is 7.57. The predicted octanol–water partition coefficient (Wildman–Crippen LogP) is 3.05. The SMILES string of the molecule is CCCC1(C(=O)O)CCCN1C1CC(C)(C)OC1(C)C. The number of rotatable bonds is 4. The van der Waals surface area contributed by atoms with Gasteiger partial charge in [-0.25, -0.2) is 0 Å². The first kappa shape index (κ1) is 15.8. The number of hydrogen-bond donors (Lipinski definition) is 1. The van der Waals surface area contributed by atoms with Crippen LogP contribution < -0.4 is 0 Å². The van der Waals surface area contributed by atoms with Crippen molar-refractivity contribution in [3.05, 3.63) is 0 Å². The zero-order valence-corrected chi connectivity index (χ0v) is 13.5. The van der Waals surface area contributed by atoms with Crippen LogP contribution in [0.2, 0.25) is 0 Å². The molecule has 0 aromatic carbocycles. The van der Waals surface area contributed by atoms with E-state index < -0.39 is 11.5 Å². The third-order valence-corrected chi connectivity index (χ3v) is 5.00. The Labute approximate surface area is 122 Å². The molecule has 2 rings (SSSR count). The highest BCUT2D eigenvalue weighted by molar-refractivity contribution is 5.79. The first-order valence-corrected chi connectivity index (χ1v) is 7.85. The Balaban J connectivity index is 2.33. The van der Waals surface area contributed by atoms with Crippen molar-refractivity contribution in [1.29, 1.82) is 0 Å². The molecule has 0 aromatic rings. The Kier molecular flexibility index (Phi) is 3.93. The molecule has 0 saturated carbocycles. The molecule has 1 N–H and O–H groups in total. The minimum Gasteiger partial charge on any atom is -0.480 e. The Morgan fingerprint density at radius 1 is 1.35 bits per heavy atom. The van der Waals surface area contributed by atoms with Crippen LogP contribution in [-0.4, -0.2) is 45.3 Å². The highest BCUT2D eigenvalue weighted by atomic mass is 16.5. The van der Waals surface area contributed by atoms with Crippen LogP contribution >= 0.6 is 0 Å². The van der Waals surface area contributed by atoms with Crippen LogP contribution in [0.1, 0.15) is 66.7 Å². The lowest BCUT2D eigenvalue weighted by molar-refractivity contribution is -0.154. The normalized spacial score (nSPS) is 36.4. The molecule has 2 atom stereocenters. The van der Waals surface area contributed by atoms with Gasteiger partial charge in [0.2, 0.25) is 0 Å². The van der Waals surface area contributed by atoms with Gasteiger partial charge in [0.05, 0.1) is 11.2 Å². The van der Waals surface area contributed by atoms with Gasteiger partial charge in [0, 0.05) is 6.04 Å². The van der Waals surface area contributed by atoms with Crippen molar-refractivity contribution in [2.45, 2.75) is 89.5 Å². The Morgan fingerprint density at radius 3 is 2.45 bits per heavy atom. The average Bonchev–Trinajstić information content (AvgIpc) is 2.78. The summed E-state index contributed by atoms with van der Waals surface area (Å²) in [6.07, 6.45) is 4.27. The highest BCUT2D eigenvalue weighted by Crippen LogP contribution is 2.46. The molecule has 4 nitrogen and oxygen atoms in total. The van der Waals surface area contributed by atoms with Gasteiger partial charge in [-0.2, -0.15) is 0 Å². The summed E-state index contributed by atoms with van der Waals surface area (Å²) in [6, 6.07) is 0.183. The van der Waals surface area contributed by atoms with Crippen LogP contribution in [-0.2, 0) is 9.53 Å². The molecule has 4 heteroatoms. The van der Waals surface area contributed by atoms with Crippen molar-refractivity contribution in [2.75, 3.05) is 6.54 Å². The predicted molar refractivity (Wildman–Crippen MR) is 78.9 cm³/mol. The molecule has 2 aliphatic heterocycles. The third kappa shape index (κ3) is 2.48. The van der Waals surface area contributed by atoms with Gasteiger partial charge in [-0.05, 0) is 59.9 Å². The lowest BCUT2D eigenvalue weighted by atomic mass is 9.85. The zero-order valence-electron chi connectivity index (χ0n) is 13.5. The number of aliphatic carboxylic acids is 1. The fourth-order valence-corrected chi connectivity index (χ4v) is 4.39. The van der Waals surface area contributed by atoms with E-state index >= 15 is 0 Å². The molecule has 0 radical (unpaired) electrons. The van der Waals surface area contributed by atoms with E-state index in [1.165, 1.54) is 0 Å². The van der Waals surface area contributed by atoms with Crippen molar-refractivity contribution < 1.29 is 14.6 Å². The van der Waals surface area contributed by atoms with Gasteiger partial charge in [0.1, 0.15) is 5.54 Å². The molecule has 2 saturated heterocycles. The number of carboxylic acid groups (broad SMARTS) is 1. The van der Waals surface area contributed by atoms with Gasteiger partial charge in [-0.3, -0.25) is 9.69 Å². The molecule has 2 unspecified atom stereocenters. The molecule has 20 heavy (non-hydrogen) atoms. The van der Waals surface area contributed by atoms with E-state index in [2.05, 4.69) is 39.5 Å². The summed E-state index contributed by atoms with van der Waals surface area (Å²) in [4.78, 5) is 14.2. The number of carboxylic acids is 1. The van der Waals surface area contributed by atoms with Crippen molar-refractivity contribution >= 4 is 5.97 Å². The third-order valence-electron chi connectivity index (χ3n) is 5.00.